The van der Waals surface area contributed by atoms with Gasteiger partial charge in [0.2, 0.25) is 11.7 Å². The summed E-state index contributed by atoms with van der Waals surface area (Å²) in [6.45, 7) is 2.49. The van der Waals surface area contributed by atoms with Crippen molar-refractivity contribution in [3.8, 4) is 11.6 Å². The zero-order valence-electron chi connectivity index (χ0n) is 17.4. The molecule has 168 valence electrons. The van der Waals surface area contributed by atoms with Gasteiger partial charge in [-0.3, -0.25) is 9.36 Å². The van der Waals surface area contributed by atoms with Gasteiger partial charge < -0.3 is 19.2 Å². The summed E-state index contributed by atoms with van der Waals surface area (Å²) >= 11 is 4.43. The van der Waals surface area contributed by atoms with E-state index in [2.05, 4.69) is 31.4 Å². The van der Waals surface area contributed by atoms with Gasteiger partial charge in [-0.25, -0.2) is 9.59 Å². The average molecular weight is 523 g/mol. The van der Waals surface area contributed by atoms with Gasteiger partial charge >= 0.3 is 11.9 Å². The Balaban J connectivity index is 1.76. The first-order valence-electron chi connectivity index (χ1n) is 9.30. The van der Waals surface area contributed by atoms with Crippen molar-refractivity contribution in [2.75, 3.05) is 25.3 Å². The lowest BCUT2D eigenvalue weighted by Crippen LogP contribution is -2.18. The number of benzene rings is 1. The molecule has 12 heteroatoms. The standard InChI is InChI=1S/C20H19BrN4O6S/c1-4-25-17(14-7-8-15(21)31-14)23-24-20(25)32-10-16(26)22-13-9-11(18(27)29-2)5-6-12(13)19(28)30-3/h5-9H,4,10H2,1-3H3,(H,22,26). The number of rotatable bonds is 8. The van der Waals surface area contributed by atoms with E-state index in [1.165, 1.54) is 44.2 Å². The molecule has 0 fully saturated rings. The Labute approximate surface area is 195 Å². The van der Waals surface area contributed by atoms with E-state index in [0.717, 1.165) is 0 Å². The Morgan fingerprint density at radius 3 is 2.50 bits per heavy atom. The van der Waals surface area contributed by atoms with E-state index < -0.39 is 17.8 Å². The van der Waals surface area contributed by atoms with Gasteiger partial charge in [0.25, 0.3) is 0 Å². The van der Waals surface area contributed by atoms with Crippen LogP contribution in [-0.4, -0.2) is 52.6 Å². The molecular formula is C20H19BrN4O6S. The maximum Gasteiger partial charge on any atom is 0.339 e. The second-order valence-electron chi connectivity index (χ2n) is 6.23. The summed E-state index contributed by atoms with van der Waals surface area (Å²) in [6, 6.07) is 7.70. The van der Waals surface area contributed by atoms with Gasteiger partial charge in [0.15, 0.2) is 15.6 Å². The number of hydrogen-bond donors (Lipinski definition) is 1. The number of furan rings is 1. The molecule has 2 aromatic heterocycles. The molecule has 10 nitrogen and oxygen atoms in total. The van der Waals surface area contributed by atoms with Crippen molar-refractivity contribution in [1.29, 1.82) is 0 Å². The molecule has 0 bridgehead atoms. The molecule has 0 saturated heterocycles. The summed E-state index contributed by atoms with van der Waals surface area (Å²) in [5, 5.41) is 11.5. The van der Waals surface area contributed by atoms with Crippen LogP contribution in [0.15, 0.2) is 44.6 Å². The number of nitrogens with zero attached hydrogens (tertiary/aromatic N) is 3. The molecule has 0 aliphatic rings. The average Bonchev–Trinajstić information content (AvgIpc) is 3.41. The monoisotopic (exact) mass is 522 g/mol. The summed E-state index contributed by atoms with van der Waals surface area (Å²) in [6.07, 6.45) is 0. The fourth-order valence-electron chi connectivity index (χ4n) is 2.79. The number of methoxy groups -OCH3 is 2. The number of amides is 1. The van der Waals surface area contributed by atoms with Crippen LogP contribution in [0, 0.1) is 0 Å². The molecule has 0 aliphatic carbocycles. The van der Waals surface area contributed by atoms with Crippen molar-refractivity contribution in [3.63, 3.8) is 0 Å². The number of hydrogen-bond acceptors (Lipinski definition) is 9. The molecule has 0 radical (unpaired) electrons. The van der Waals surface area contributed by atoms with Gasteiger partial charge in [-0.05, 0) is 53.2 Å². The third kappa shape index (κ3) is 5.19. The molecule has 0 atom stereocenters. The number of anilines is 1. The van der Waals surface area contributed by atoms with E-state index in [1.54, 1.807) is 12.1 Å². The van der Waals surface area contributed by atoms with E-state index in [0.29, 0.717) is 28.0 Å². The van der Waals surface area contributed by atoms with E-state index in [4.69, 9.17) is 13.9 Å². The highest BCUT2D eigenvalue weighted by atomic mass is 79.9. The highest BCUT2D eigenvalue weighted by Crippen LogP contribution is 2.27. The number of thioether (sulfide) groups is 1. The fraction of sp³-hybridized carbons (Fsp3) is 0.250. The largest absolute Gasteiger partial charge is 0.465 e. The van der Waals surface area contributed by atoms with Crippen LogP contribution < -0.4 is 5.32 Å². The van der Waals surface area contributed by atoms with Crippen molar-refractivity contribution in [3.05, 3.63) is 46.1 Å². The molecule has 0 spiro atoms. The molecule has 0 aliphatic heterocycles. The van der Waals surface area contributed by atoms with Crippen molar-refractivity contribution >= 4 is 51.2 Å². The van der Waals surface area contributed by atoms with Crippen LogP contribution in [0.3, 0.4) is 0 Å². The van der Waals surface area contributed by atoms with E-state index >= 15 is 0 Å². The zero-order chi connectivity index (χ0) is 23.3. The van der Waals surface area contributed by atoms with Gasteiger partial charge in [-0.15, -0.1) is 10.2 Å². The Morgan fingerprint density at radius 2 is 1.88 bits per heavy atom. The highest BCUT2D eigenvalue weighted by Gasteiger charge is 2.20. The molecule has 1 aromatic carbocycles. The Morgan fingerprint density at radius 1 is 1.12 bits per heavy atom. The van der Waals surface area contributed by atoms with Gasteiger partial charge in [0, 0.05) is 6.54 Å². The Hall–Kier alpha value is -3.12. The summed E-state index contributed by atoms with van der Waals surface area (Å²) in [5.41, 5.74) is 0.437. The second-order valence-corrected chi connectivity index (χ2v) is 7.96. The van der Waals surface area contributed by atoms with Crippen LogP contribution in [-0.2, 0) is 20.8 Å². The lowest BCUT2D eigenvalue weighted by Gasteiger charge is -2.11. The van der Waals surface area contributed by atoms with E-state index in [1.807, 2.05) is 11.5 Å². The van der Waals surface area contributed by atoms with Crippen molar-refractivity contribution in [2.45, 2.75) is 18.6 Å². The molecule has 0 saturated carbocycles. The summed E-state index contributed by atoms with van der Waals surface area (Å²) < 4.78 is 17.4. The molecule has 3 rings (SSSR count). The highest BCUT2D eigenvalue weighted by molar-refractivity contribution is 9.10. The number of halogens is 1. The Bertz CT molecular complexity index is 1160. The van der Waals surface area contributed by atoms with Gasteiger partial charge in [-0.2, -0.15) is 0 Å². The number of carbonyl (C=O) groups excluding carboxylic acids is 3. The maximum atomic E-state index is 12.6. The number of carbonyl (C=O) groups is 3. The maximum absolute atomic E-state index is 12.6. The first kappa shape index (κ1) is 23.5. The first-order valence-corrected chi connectivity index (χ1v) is 11.1. The van der Waals surface area contributed by atoms with Crippen molar-refractivity contribution < 1.29 is 28.3 Å². The minimum Gasteiger partial charge on any atom is -0.465 e. The summed E-state index contributed by atoms with van der Waals surface area (Å²) in [7, 11) is 2.47. The summed E-state index contributed by atoms with van der Waals surface area (Å²) in [4.78, 5) is 36.5. The lowest BCUT2D eigenvalue weighted by atomic mass is 10.1. The van der Waals surface area contributed by atoms with Gasteiger partial charge in [-0.1, -0.05) is 11.8 Å². The predicted octanol–water partition coefficient (Wildman–Crippen LogP) is 3.62. The number of esters is 2. The molecule has 2 heterocycles. The number of ether oxygens (including phenoxy) is 2. The topological polar surface area (TPSA) is 126 Å². The predicted molar refractivity (Wildman–Crippen MR) is 120 cm³/mol. The molecule has 0 unspecified atom stereocenters. The molecule has 32 heavy (non-hydrogen) atoms. The number of nitrogens with one attached hydrogen (secondary N) is 1. The molecular weight excluding hydrogens is 504 g/mol. The summed E-state index contributed by atoms with van der Waals surface area (Å²) in [5.74, 6) is -0.577. The van der Waals surface area contributed by atoms with Crippen LogP contribution in [0.1, 0.15) is 27.6 Å². The van der Waals surface area contributed by atoms with Gasteiger partial charge in [0.1, 0.15) is 0 Å². The SMILES string of the molecule is CCn1c(SCC(=O)Nc2cc(C(=O)OC)ccc2C(=O)OC)nnc1-c1ccc(Br)o1. The van der Waals surface area contributed by atoms with Crippen LogP contribution in [0.5, 0.6) is 0 Å². The zero-order valence-corrected chi connectivity index (χ0v) is 19.8. The van der Waals surface area contributed by atoms with Crippen molar-refractivity contribution in [2.24, 2.45) is 0 Å². The smallest absolute Gasteiger partial charge is 0.339 e. The molecule has 1 N–H and O–H groups in total. The minimum absolute atomic E-state index is 0.0109. The lowest BCUT2D eigenvalue weighted by molar-refractivity contribution is -0.113. The minimum atomic E-state index is -0.649. The third-order valence-electron chi connectivity index (χ3n) is 4.28. The van der Waals surface area contributed by atoms with Gasteiger partial charge in [0.05, 0.1) is 36.8 Å². The second kappa shape index (κ2) is 10.5. The molecule has 3 aromatic rings. The molecule has 1 amide bonds. The van der Waals surface area contributed by atoms with E-state index in [-0.39, 0.29) is 22.6 Å². The first-order chi connectivity index (χ1) is 15.4. The van der Waals surface area contributed by atoms with Crippen LogP contribution >= 0.6 is 27.7 Å². The van der Waals surface area contributed by atoms with Crippen LogP contribution in [0.4, 0.5) is 5.69 Å². The van der Waals surface area contributed by atoms with Crippen LogP contribution in [0.2, 0.25) is 0 Å². The van der Waals surface area contributed by atoms with Crippen molar-refractivity contribution in [1.82, 2.24) is 14.8 Å². The number of aromatic nitrogens is 3. The van der Waals surface area contributed by atoms with Crippen LogP contribution in [0.25, 0.3) is 11.6 Å². The third-order valence-corrected chi connectivity index (χ3v) is 5.67. The fourth-order valence-corrected chi connectivity index (χ4v) is 3.90. The normalized spacial score (nSPS) is 10.6. The van der Waals surface area contributed by atoms with E-state index in [9.17, 15) is 14.4 Å². The Kier molecular flexibility index (Phi) is 7.70. The quantitative estimate of drug-likeness (QED) is 0.348.